The molecule has 4 rings (SSSR count). The number of halogens is 1. The number of nitrogens with one attached hydrogen (secondary N) is 1. The highest BCUT2D eigenvalue weighted by atomic mass is 35.5. The molecule has 0 aliphatic heterocycles. The van der Waals surface area contributed by atoms with Crippen LogP contribution in [-0.2, 0) is 0 Å². The number of aromatic nitrogens is 2. The van der Waals surface area contributed by atoms with E-state index in [1.54, 1.807) is 0 Å². The summed E-state index contributed by atoms with van der Waals surface area (Å²) >= 11 is 6.19. The minimum Gasteiger partial charge on any atom is -0.436 e. The van der Waals surface area contributed by atoms with E-state index >= 15 is 0 Å². The van der Waals surface area contributed by atoms with Crippen molar-refractivity contribution in [1.29, 1.82) is 0 Å². The predicted octanol–water partition coefficient (Wildman–Crippen LogP) is 5.71. The average Bonchev–Trinajstić information content (AvgIpc) is 2.68. The molecule has 0 amide bonds. The first-order valence-corrected chi connectivity index (χ1v) is 8.79. The van der Waals surface area contributed by atoms with Crippen molar-refractivity contribution in [2.45, 2.75) is 6.92 Å². The van der Waals surface area contributed by atoms with Crippen LogP contribution in [0, 0.1) is 6.92 Å². The molecule has 0 bridgehead atoms. The average molecular weight is 377 g/mol. The molecule has 0 aliphatic carbocycles. The highest BCUT2D eigenvalue weighted by Gasteiger charge is 2.12. The Balaban J connectivity index is 1.66. The lowest BCUT2D eigenvalue weighted by molar-refractivity contribution is 0.470. The van der Waals surface area contributed by atoms with Crippen molar-refractivity contribution in [3.8, 4) is 11.6 Å². The number of hydrogen-bond donors (Lipinski definition) is 2. The summed E-state index contributed by atoms with van der Waals surface area (Å²) in [5.74, 6) is 1.44. The van der Waals surface area contributed by atoms with Crippen LogP contribution in [0.1, 0.15) is 5.56 Å². The number of nitrogen functional groups attached to an aromatic ring is 1. The maximum absolute atomic E-state index is 6.25. The van der Waals surface area contributed by atoms with Crippen LogP contribution in [0.5, 0.6) is 11.6 Å². The van der Waals surface area contributed by atoms with Gasteiger partial charge < -0.3 is 15.8 Å². The Morgan fingerprint density at radius 3 is 2.67 bits per heavy atom. The highest BCUT2D eigenvalue weighted by molar-refractivity contribution is 6.31. The van der Waals surface area contributed by atoms with E-state index in [1.807, 2.05) is 67.6 Å². The van der Waals surface area contributed by atoms with Gasteiger partial charge in [0.25, 0.3) is 0 Å². The second kappa shape index (κ2) is 7.13. The lowest BCUT2D eigenvalue weighted by Crippen LogP contribution is -2.03. The molecule has 4 aromatic rings. The summed E-state index contributed by atoms with van der Waals surface area (Å²) in [4.78, 5) is 8.41. The summed E-state index contributed by atoms with van der Waals surface area (Å²) in [7, 11) is 0. The third-order valence-corrected chi connectivity index (χ3v) is 4.65. The number of nitrogens with zero attached hydrogens (tertiary/aromatic N) is 2. The molecule has 0 atom stereocenters. The van der Waals surface area contributed by atoms with E-state index in [4.69, 9.17) is 22.1 Å². The van der Waals surface area contributed by atoms with Crippen LogP contribution in [-0.4, -0.2) is 9.97 Å². The zero-order valence-electron chi connectivity index (χ0n) is 14.6. The van der Waals surface area contributed by atoms with E-state index in [0.29, 0.717) is 28.2 Å². The number of nitrogens with two attached hydrogens (primary N) is 1. The van der Waals surface area contributed by atoms with Gasteiger partial charge in [0.05, 0.1) is 0 Å². The fourth-order valence-electron chi connectivity index (χ4n) is 2.76. The second-order valence-electron chi connectivity index (χ2n) is 6.11. The molecular formula is C21H17ClN4O. The van der Waals surface area contributed by atoms with Gasteiger partial charge in [-0.05, 0) is 36.1 Å². The number of anilines is 3. The van der Waals surface area contributed by atoms with Crippen molar-refractivity contribution >= 4 is 39.6 Å². The molecule has 0 spiro atoms. The molecule has 0 fully saturated rings. The molecule has 6 heteroatoms. The van der Waals surface area contributed by atoms with Gasteiger partial charge in [-0.25, -0.2) is 4.98 Å². The van der Waals surface area contributed by atoms with E-state index in [9.17, 15) is 0 Å². The SMILES string of the molecule is Cc1ccc(Nc2ncnc(Oc3cccc4ccccc34)c2N)cc1Cl. The Kier molecular flexibility index (Phi) is 4.52. The highest BCUT2D eigenvalue weighted by Crippen LogP contribution is 2.34. The fourth-order valence-corrected chi connectivity index (χ4v) is 2.94. The predicted molar refractivity (Wildman–Crippen MR) is 110 cm³/mol. The number of benzene rings is 3. The first-order chi connectivity index (χ1) is 13.1. The summed E-state index contributed by atoms with van der Waals surface area (Å²) in [6.07, 6.45) is 1.41. The van der Waals surface area contributed by atoms with Crippen LogP contribution in [0.25, 0.3) is 10.8 Å². The van der Waals surface area contributed by atoms with Crippen LogP contribution in [0.15, 0.2) is 67.0 Å². The number of fused-ring (bicyclic) bond motifs is 1. The minimum absolute atomic E-state index is 0.294. The maximum atomic E-state index is 6.25. The van der Waals surface area contributed by atoms with Gasteiger partial charge in [0, 0.05) is 16.1 Å². The third-order valence-electron chi connectivity index (χ3n) is 4.24. The van der Waals surface area contributed by atoms with Gasteiger partial charge in [-0.1, -0.05) is 54.1 Å². The van der Waals surface area contributed by atoms with E-state index in [1.165, 1.54) is 6.33 Å². The Bertz CT molecular complexity index is 1120. The number of ether oxygens (including phenoxy) is 1. The van der Waals surface area contributed by atoms with Crippen LogP contribution in [0.3, 0.4) is 0 Å². The maximum Gasteiger partial charge on any atom is 0.248 e. The molecular weight excluding hydrogens is 360 g/mol. The molecule has 0 saturated heterocycles. The molecule has 0 unspecified atom stereocenters. The van der Waals surface area contributed by atoms with Crippen molar-refractivity contribution in [3.63, 3.8) is 0 Å². The third kappa shape index (κ3) is 3.50. The monoisotopic (exact) mass is 376 g/mol. The Morgan fingerprint density at radius 2 is 1.81 bits per heavy atom. The quantitative estimate of drug-likeness (QED) is 0.477. The Morgan fingerprint density at radius 1 is 1.00 bits per heavy atom. The molecule has 0 radical (unpaired) electrons. The summed E-state index contributed by atoms with van der Waals surface area (Å²) in [5, 5.41) is 5.89. The summed E-state index contributed by atoms with van der Waals surface area (Å²) < 4.78 is 6.00. The topological polar surface area (TPSA) is 73.1 Å². The fraction of sp³-hybridized carbons (Fsp3) is 0.0476. The van der Waals surface area contributed by atoms with Gasteiger partial charge in [0.2, 0.25) is 5.88 Å². The largest absolute Gasteiger partial charge is 0.436 e. The van der Waals surface area contributed by atoms with Gasteiger partial charge in [0.1, 0.15) is 17.8 Å². The van der Waals surface area contributed by atoms with Gasteiger partial charge in [-0.2, -0.15) is 4.98 Å². The zero-order valence-corrected chi connectivity index (χ0v) is 15.4. The molecule has 0 aliphatic rings. The van der Waals surface area contributed by atoms with Crippen molar-refractivity contribution in [3.05, 3.63) is 77.6 Å². The normalized spacial score (nSPS) is 10.7. The van der Waals surface area contributed by atoms with Crippen molar-refractivity contribution in [1.82, 2.24) is 9.97 Å². The van der Waals surface area contributed by atoms with E-state index in [2.05, 4.69) is 15.3 Å². The smallest absolute Gasteiger partial charge is 0.248 e. The molecule has 1 aromatic heterocycles. The van der Waals surface area contributed by atoms with E-state index in [0.717, 1.165) is 22.0 Å². The van der Waals surface area contributed by atoms with E-state index < -0.39 is 0 Å². The first kappa shape index (κ1) is 17.1. The van der Waals surface area contributed by atoms with Gasteiger partial charge >= 0.3 is 0 Å². The summed E-state index contributed by atoms with van der Waals surface area (Å²) in [6.45, 7) is 1.95. The minimum atomic E-state index is 0.294. The van der Waals surface area contributed by atoms with Crippen molar-refractivity contribution < 1.29 is 4.74 Å². The number of hydrogen-bond acceptors (Lipinski definition) is 5. The van der Waals surface area contributed by atoms with E-state index in [-0.39, 0.29) is 0 Å². The molecule has 0 saturated carbocycles. The molecule has 27 heavy (non-hydrogen) atoms. The van der Waals surface area contributed by atoms with Crippen molar-refractivity contribution in [2.75, 3.05) is 11.1 Å². The lowest BCUT2D eigenvalue weighted by Gasteiger charge is -2.13. The van der Waals surface area contributed by atoms with Crippen LogP contribution in [0.2, 0.25) is 5.02 Å². The van der Waals surface area contributed by atoms with Crippen LogP contribution in [0.4, 0.5) is 17.2 Å². The Labute approximate surface area is 161 Å². The van der Waals surface area contributed by atoms with Crippen molar-refractivity contribution in [2.24, 2.45) is 0 Å². The van der Waals surface area contributed by atoms with Crippen LogP contribution >= 0.6 is 11.6 Å². The standard InChI is InChI=1S/C21H17ClN4O/c1-13-9-10-15(11-17(13)22)26-20-19(23)21(25-12-24-20)27-18-8-4-6-14-5-2-3-7-16(14)18/h2-12H,23H2,1H3,(H,24,25,26). The molecule has 5 nitrogen and oxygen atoms in total. The van der Waals surface area contributed by atoms with Gasteiger partial charge in [0.15, 0.2) is 5.82 Å². The number of aryl methyl sites for hydroxylation is 1. The zero-order chi connectivity index (χ0) is 18.8. The first-order valence-electron chi connectivity index (χ1n) is 8.41. The molecule has 134 valence electrons. The van der Waals surface area contributed by atoms with Gasteiger partial charge in [-0.3, -0.25) is 0 Å². The Hall–Kier alpha value is -3.31. The molecule has 3 aromatic carbocycles. The lowest BCUT2D eigenvalue weighted by atomic mass is 10.1. The van der Waals surface area contributed by atoms with Gasteiger partial charge in [-0.15, -0.1) is 0 Å². The molecule has 1 heterocycles. The summed E-state index contributed by atoms with van der Waals surface area (Å²) in [5.41, 5.74) is 8.35. The molecule has 3 N–H and O–H groups in total. The second-order valence-corrected chi connectivity index (χ2v) is 6.52. The number of rotatable bonds is 4. The van der Waals surface area contributed by atoms with Crippen LogP contribution < -0.4 is 15.8 Å². The summed E-state index contributed by atoms with van der Waals surface area (Å²) in [6, 6.07) is 19.5.